The quantitative estimate of drug-likeness (QED) is 0.160. The van der Waals surface area contributed by atoms with Crippen LogP contribution < -0.4 is 40.6 Å². The number of fused-ring (bicyclic) bond motifs is 1. The zero-order valence-electron chi connectivity index (χ0n) is 18.6. The van der Waals surface area contributed by atoms with Crippen LogP contribution in [0.25, 0.3) is 6.08 Å². The number of nitrogen functional groups attached to an aromatic ring is 1. The molecule has 0 bridgehead atoms. The number of hydrogen-bond donors (Lipinski definition) is 3. The zero-order chi connectivity index (χ0) is 22.9. The predicted octanol–water partition coefficient (Wildman–Crippen LogP) is -2.17. The molecule has 2 saturated heterocycles. The number of anilines is 1. The van der Waals surface area contributed by atoms with E-state index in [2.05, 4.69) is 20.4 Å². The molecule has 11 nitrogen and oxygen atoms in total. The fourth-order valence-electron chi connectivity index (χ4n) is 3.35. The smallest absolute Gasteiger partial charge is 1.00 e. The molecule has 2 unspecified atom stereocenters. The molecule has 2 fully saturated rings. The molecule has 2 aliphatic heterocycles. The molecule has 4 rings (SSSR count). The molecular formula is C18H19N6NaO5S3. The number of nitrogens with zero attached hydrogens (tertiary/aromatic N) is 4. The summed E-state index contributed by atoms with van der Waals surface area (Å²) < 4.78 is 0. The van der Waals surface area contributed by atoms with Crippen LogP contribution in [0.15, 0.2) is 28.3 Å². The van der Waals surface area contributed by atoms with Gasteiger partial charge in [-0.25, -0.2) is 4.98 Å². The number of hydrogen-bond acceptors (Lipinski definition) is 11. The summed E-state index contributed by atoms with van der Waals surface area (Å²) in [5.74, 6) is -1.75. The number of nitrogens with two attached hydrogens (primary N) is 1. The Hall–Kier alpha value is -1.97. The molecule has 0 saturated carbocycles. The van der Waals surface area contributed by atoms with Gasteiger partial charge in [0.2, 0.25) is 5.91 Å². The van der Waals surface area contributed by atoms with Gasteiger partial charge in [0.15, 0.2) is 10.8 Å². The number of carbonyl (C=O) groups is 3. The van der Waals surface area contributed by atoms with E-state index < -0.39 is 23.3 Å². The fraction of sp³-hybridized carbons (Fsp3) is 0.333. The molecule has 2 aromatic rings. The minimum atomic E-state index is -1.23. The minimum Gasteiger partial charge on any atom is -1.00 e. The Morgan fingerprint density at radius 3 is 2.88 bits per heavy atom. The van der Waals surface area contributed by atoms with Crippen molar-refractivity contribution >= 4 is 69.1 Å². The molecule has 0 aromatic carbocycles. The Kier molecular flexibility index (Phi) is 8.18. The van der Waals surface area contributed by atoms with Gasteiger partial charge in [0.1, 0.15) is 29.6 Å². The second-order valence-corrected chi connectivity index (χ2v) is 9.92. The van der Waals surface area contributed by atoms with Gasteiger partial charge in [-0.1, -0.05) is 11.2 Å². The maximum Gasteiger partial charge on any atom is 1.00 e. The van der Waals surface area contributed by atoms with Crippen molar-refractivity contribution in [2.24, 2.45) is 10.6 Å². The standard InChI is InChI=1S/C18H18N6O5S3.Na.H/c1-29-23-11(10-5-30-17(19)21-10)13(25)22-12-14(26)24-6-18(16(27)28,7-31-15(12)24)3-2-9-4-20-8-32-9;;/h2-5,8,12,15H,6-7H2,1H3,(H2,19,21)(H,22,25)(H,27,28);;/q;+1;-1/t12?,15-,18?;;/m1../s1. The van der Waals surface area contributed by atoms with Gasteiger partial charge in [-0.15, -0.1) is 34.4 Å². The summed E-state index contributed by atoms with van der Waals surface area (Å²) in [6.07, 6.45) is 4.97. The van der Waals surface area contributed by atoms with E-state index in [1.54, 1.807) is 29.2 Å². The summed E-state index contributed by atoms with van der Waals surface area (Å²) in [5, 5.41) is 17.7. The van der Waals surface area contributed by atoms with Crippen molar-refractivity contribution in [1.29, 1.82) is 0 Å². The second-order valence-electron chi connectivity index (χ2n) is 7.01. The SMILES string of the molecule is CON=C(C(=O)NC1C(=O)N2CC(C=Cc3cncs3)(C(=O)O)CS[C@H]12)c1csc(N)n1.[H-].[Na+]. The molecule has 15 heteroatoms. The van der Waals surface area contributed by atoms with Gasteiger partial charge in [0, 0.05) is 28.8 Å². The first-order valence-electron chi connectivity index (χ1n) is 9.21. The maximum atomic E-state index is 12.8. The number of carboxylic acid groups (broad SMARTS) is 1. The molecule has 4 N–H and O–H groups in total. The van der Waals surface area contributed by atoms with Crippen molar-refractivity contribution in [2.45, 2.75) is 11.4 Å². The van der Waals surface area contributed by atoms with Crippen molar-refractivity contribution in [2.75, 3.05) is 25.1 Å². The molecule has 0 radical (unpaired) electrons. The Morgan fingerprint density at radius 1 is 1.48 bits per heavy atom. The Morgan fingerprint density at radius 2 is 2.27 bits per heavy atom. The third-order valence-corrected chi connectivity index (χ3v) is 7.96. The molecule has 3 atom stereocenters. The summed E-state index contributed by atoms with van der Waals surface area (Å²) in [5.41, 5.74) is 6.20. The second kappa shape index (κ2) is 10.5. The van der Waals surface area contributed by atoms with Crippen LogP contribution in [-0.2, 0) is 19.2 Å². The third-order valence-electron chi connectivity index (χ3n) is 5.00. The molecule has 2 amide bonds. The Balaban J connectivity index is 0.00000204. The first kappa shape index (κ1) is 25.6. The van der Waals surface area contributed by atoms with E-state index in [1.807, 2.05) is 0 Å². The van der Waals surface area contributed by atoms with Crippen LogP contribution in [0.3, 0.4) is 0 Å². The van der Waals surface area contributed by atoms with Crippen LogP contribution in [0, 0.1) is 5.41 Å². The van der Waals surface area contributed by atoms with E-state index in [9.17, 15) is 19.5 Å². The number of thiazole rings is 2. The van der Waals surface area contributed by atoms with Crippen LogP contribution in [0.1, 0.15) is 12.0 Å². The number of carboxylic acids is 1. The molecular weight excluding hydrogens is 499 g/mol. The van der Waals surface area contributed by atoms with E-state index in [0.717, 1.165) is 16.2 Å². The first-order valence-corrected chi connectivity index (χ1v) is 12.0. The summed E-state index contributed by atoms with van der Waals surface area (Å²) in [6, 6.07) is -0.803. The summed E-state index contributed by atoms with van der Waals surface area (Å²) in [6.45, 7) is 0.0160. The largest absolute Gasteiger partial charge is 1.00 e. The number of aliphatic carboxylic acids is 1. The van der Waals surface area contributed by atoms with Crippen LogP contribution in [-0.4, -0.2) is 74.3 Å². The van der Waals surface area contributed by atoms with Gasteiger partial charge in [-0.05, 0) is 6.08 Å². The van der Waals surface area contributed by atoms with E-state index in [4.69, 9.17) is 10.6 Å². The fourth-order valence-corrected chi connectivity index (χ4v) is 5.92. The summed E-state index contributed by atoms with van der Waals surface area (Å²) in [4.78, 5) is 52.6. The van der Waals surface area contributed by atoms with Gasteiger partial charge >= 0.3 is 35.5 Å². The Labute approximate surface area is 224 Å². The van der Waals surface area contributed by atoms with Gasteiger partial charge in [0.05, 0.1) is 5.51 Å². The predicted molar refractivity (Wildman–Crippen MR) is 122 cm³/mol. The van der Waals surface area contributed by atoms with E-state index >= 15 is 0 Å². The average Bonchev–Trinajstić information content (AvgIpc) is 3.45. The molecule has 2 aromatic heterocycles. The maximum absolute atomic E-state index is 12.8. The normalized spacial score (nSPS) is 24.6. The van der Waals surface area contributed by atoms with Crippen LogP contribution >= 0.6 is 34.4 Å². The van der Waals surface area contributed by atoms with Gasteiger partial charge < -0.3 is 27.3 Å². The van der Waals surface area contributed by atoms with Crippen molar-refractivity contribution in [3.8, 4) is 0 Å². The van der Waals surface area contributed by atoms with Crippen molar-refractivity contribution in [1.82, 2.24) is 20.2 Å². The number of oxime groups is 1. The van der Waals surface area contributed by atoms with E-state index in [-0.39, 0.29) is 71.1 Å². The summed E-state index contributed by atoms with van der Waals surface area (Å²) >= 11 is 3.84. The van der Waals surface area contributed by atoms with Crippen LogP contribution in [0.4, 0.5) is 5.13 Å². The molecule has 33 heavy (non-hydrogen) atoms. The number of β-lactam (4-membered cyclic amide) rings is 1. The number of nitrogens with one attached hydrogen (secondary N) is 1. The number of thioether (sulfide) groups is 1. The van der Waals surface area contributed by atoms with E-state index in [0.29, 0.717) is 0 Å². The van der Waals surface area contributed by atoms with Crippen molar-refractivity contribution < 1.29 is 55.3 Å². The molecule has 0 aliphatic carbocycles. The monoisotopic (exact) mass is 518 g/mol. The number of rotatable bonds is 7. The van der Waals surface area contributed by atoms with E-state index in [1.165, 1.54) is 35.1 Å². The Bertz CT molecular complexity index is 1110. The third kappa shape index (κ3) is 5.10. The zero-order valence-corrected chi connectivity index (χ0v) is 22.1. The van der Waals surface area contributed by atoms with Crippen LogP contribution in [0.2, 0.25) is 0 Å². The van der Waals surface area contributed by atoms with Crippen LogP contribution in [0.5, 0.6) is 0 Å². The minimum absolute atomic E-state index is 0. The molecule has 170 valence electrons. The number of carbonyl (C=O) groups excluding carboxylic acids is 2. The average molecular weight is 519 g/mol. The summed E-state index contributed by atoms with van der Waals surface area (Å²) in [7, 11) is 1.29. The molecule has 2 aliphatic rings. The first-order chi connectivity index (χ1) is 15.3. The topological polar surface area (TPSA) is 160 Å². The van der Waals surface area contributed by atoms with Crippen molar-refractivity contribution in [3.63, 3.8) is 0 Å². The molecule has 4 heterocycles. The van der Waals surface area contributed by atoms with Gasteiger partial charge in [-0.2, -0.15) is 0 Å². The number of aromatic nitrogens is 2. The van der Waals surface area contributed by atoms with Gasteiger partial charge in [-0.3, -0.25) is 19.4 Å². The number of amides is 2. The molecule has 0 spiro atoms. The van der Waals surface area contributed by atoms with Gasteiger partial charge in [0.25, 0.3) is 5.91 Å². The van der Waals surface area contributed by atoms with Crippen molar-refractivity contribution in [3.05, 3.63) is 33.7 Å².